The molecule has 1 fully saturated rings. The van der Waals surface area contributed by atoms with Gasteiger partial charge in [0.15, 0.2) is 9.84 Å². The summed E-state index contributed by atoms with van der Waals surface area (Å²) >= 11 is 0. The van der Waals surface area contributed by atoms with Crippen LogP contribution >= 0.6 is 0 Å². The number of alkyl halides is 3. The maximum absolute atomic E-state index is 13.2. The second kappa shape index (κ2) is 9.73. The molecule has 1 aromatic heterocycles. The summed E-state index contributed by atoms with van der Waals surface area (Å²) in [6, 6.07) is 10.9. The van der Waals surface area contributed by atoms with E-state index < -0.39 is 38.9 Å². The number of rotatable bonds is 6. The van der Waals surface area contributed by atoms with Crippen LogP contribution in [0.2, 0.25) is 0 Å². The summed E-state index contributed by atoms with van der Waals surface area (Å²) in [5.41, 5.74) is -1.08. The Hall–Kier alpha value is -3.34. The maximum Gasteiger partial charge on any atom is 0.418 e. The van der Waals surface area contributed by atoms with Crippen LogP contribution in [0.1, 0.15) is 24.8 Å². The average molecular weight is 508 g/mol. The number of anilines is 1. The number of para-hydroxylation sites is 2. The van der Waals surface area contributed by atoms with Crippen molar-refractivity contribution in [3.8, 4) is 0 Å². The molecule has 2 heterocycles. The second-order valence-corrected chi connectivity index (χ2v) is 10.4. The van der Waals surface area contributed by atoms with Crippen molar-refractivity contribution in [1.29, 1.82) is 0 Å². The number of nitrogens with zero attached hydrogens (tertiary/aromatic N) is 2. The predicted octanol–water partition coefficient (Wildman–Crippen LogP) is 4.09. The van der Waals surface area contributed by atoms with Crippen molar-refractivity contribution in [2.45, 2.75) is 36.9 Å². The number of piperidine rings is 1. The Balaban J connectivity index is 1.58. The molecule has 0 spiro atoms. The molecule has 1 N–H and O–H groups in total. The number of benzene rings is 2. The predicted molar refractivity (Wildman–Crippen MR) is 124 cm³/mol. The Morgan fingerprint density at radius 1 is 0.943 bits per heavy atom. The Morgan fingerprint density at radius 2 is 1.60 bits per heavy atom. The number of likely N-dealkylation sites (tertiary alicyclic amines) is 1. The molecule has 1 aliphatic rings. The van der Waals surface area contributed by atoms with Gasteiger partial charge in [-0.15, -0.1) is 0 Å². The van der Waals surface area contributed by atoms with Gasteiger partial charge in [0.05, 0.1) is 16.1 Å². The van der Waals surface area contributed by atoms with Crippen molar-refractivity contribution in [3.05, 3.63) is 60.3 Å². The summed E-state index contributed by atoms with van der Waals surface area (Å²) in [5, 5.41) is 2.40. The lowest BCUT2D eigenvalue weighted by molar-refractivity contribution is -0.137. The standard InChI is InChI=1S/C24H24F3N3O4S/c25-24(26,27)18-9-3-4-10-19(18)28-22(31)16-35(33,34)21-14-30(20-11-5-2-8-17(20)21)15-23(32)29-12-6-1-7-13-29/h2-5,8-11,14H,1,6-7,12-13,15-16H2,(H,28,31). The lowest BCUT2D eigenvalue weighted by Crippen LogP contribution is -2.37. The maximum atomic E-state index is 13.2. The number of halogens is 3. The number of fused-ring (bicyclic) bond motifs is 1. The van der Waals surface area contributed by atoms with E-state index >= 15 is 0 Å². The smallest absolute Gasteiger partial charge is 0.341 e. The Labute approximate surface area is 200 Å². The minimum atomic E-state index is -4.71. The van der Waals surface area contributed by atoms with Crippen molar-refractivity contribution < 1.29 is 31.2 Å². The van der Waals surface area contributed by atoms with Crippen LogP contribution in [0.5, 0.6) is 0 Å². The van der Waals surface area contributed by atoms with Crippen LogP contribution < -0.4 is 5.32 Å². The van der Waals surface area contributed by atoms with Gasteiger partial charge in [-0.3, -0.25) is 9.59 Å². The average Bonchev–Trinajstić information content (AvgIpc) is 3.18. The summed E-state index contributed by atoms with van der Waals surface area (Å²) in [5.74, 6) is -2.27. The summed E-state index contributed by atoms with van der Waals surface area (Å²) in [7, 11) is -4.23. The third-order valence-corrected chi connectivity index (χ3v) is 7.57. The van der Waals surface area contributed by atoms with Crippen molar-refractivity contribution in [2.24, 2.45) is 0 Å². The summed E-state index contributed by atoms with van der Waals surface area (Å²) in [4.78, 5) is 26.8. The monoisotopic (exact) mass is 507 g/mol. The molecular formula is C24H24F3N3O4S. The van der Waals surface area contributed by atoms with Crippen LogP contribution in [0.4, 0.5) is 18.9 Å². The van der Waals surface area contributed by atoms with E-state index in [1.54, 1.807) is 29.2 Å². The molecule has 0 unspecified atom stereocenters. The van der Waals surface area contributed by atoms with E-state index in [0.29, 0.717) is 24.0 Å². The van der Waals surface area contributed by atoms with Gasteiger partial charge >= 0.3 is 6.18 Å². The number of sulfone groups is 1. The molecule has 3 aromatic rings. The Morgan fingerprint density at radius 3 is 2.31 bits per heavy atom. The molecule has 7 nitrogen and oxygen atoms in total. The van der Waals surface area contributed by atoms with Gasteiger partial charge in [-0.25, -0.2) is 8.42 Å². The van der Waals surface area contributed by atoms with Crippen LogP contribution in [-0.2, 0) is 32.1 Å². The topological polar surface area (TPSA) is 88.5 Å². The minimum Gasteiger partial charge on any atom is -0.341 e. The van der Waals surface area contributed by atoms with Crippen LogP contribution in [0.3, 0.4) is 0 Å². The number of amides is 2. The molecule has 0 aliphatic carbocycles. The van der Waals surface area contributed by atoms with Gasteiger partial charge in [-0.2, -0.15) is 13.2 Å². The Bertz CT molecular complexity index is 1360. The quantitative estimate of drug-likeness (QED) is 0.545. The zero-order valence-electron chi connectivity index (χ0n) is 18.7. The van der Waals surface area contributed by atoms with Crippen LogP contribution in [-0.4, -0.2) is 48.5 Å². The molecule has 35 heavy (non-hydrogen) atoms. The van der Waals surface area contributed by atoms with Gasteiger partial charge in [0, 0.05) is 30.2 Å². The highest BCUT2D eigenvalue weighted by Gasteiger charge is 2.34. The van der Waals surface area contributed by atoms with E-state index in [-0.39, 0.29) is 17.3 Å². The molecule has 1 aliphatic heterocycles. The van der Waals surface area contributed by atoms with Crippen molar-refractivity contribution in [3.63, 3.8) is 0 Å². The SMILES string of the molecule is O=C(CS(=O)(=O)c1cn(CC(=O)N2CCCCC2)c2ccccc12)Nc1ccccc1C(F)(F)F. The molecule has 2 amide bonds. The normalized spacial score (nSPS) is 14.8. The zero-order chi connectivity index (χ0) is 25.2. The zero-order valence-corrected chi connectivity index (χ0v) is 19.5. The van der Waals surface area contributed by atoms with E-state index in [2.05, 4.69) is 5.32 Å². The number of nitrogens with one attached hydrogen (secondary N) is 1. The molecule has 0 bridgehead atoms. The van der Waals surface area contributed by atoms with E-state index in [1.807, 2.05) is 0 Å². The second-order valence-electron chi connectivity index (χ2n) is 8.43. The molecule has 2 aromatic carbocycles. The van der Waals surface area contributed by atoms with E-state index in [1.165, 1.54) is 22.9 Å². The number of aromatic nitrogens is 1. The van der Waals surface area contributed by atoms with Crippen molar-refractivity contribution in [2.75, 3.05) is 24.2 Å². The van der Waals surface area contributed by atoms with Crippen LogP contribution in [0.15, 0.2) is 59.6 Å². The number of carbonyl (C=O) groups is 2. The highest BCUT2D eigenvalue weighted by molar-refractivity contribution is 7.92. The van der Waals surface area contributed by atoms with E-state index in [9.17, 15) is 31.2 Å². The molecule has 0 atom stereocenters. The fourth-order valence-corrected chi connectivity index (χ4v) is 5.63. The van der Waals surface area contributed by atoms with Crippen LogP contribution in [0.25, 0.3) is 10.9 Å². The van der Waals surface area contributed by atoms with Crippen molar-refractivity contribution in [1.82, 2.24) is 9.47 Å². The number of hydrogen-bond acceptors (Lipinski definition) is 4. The first kappa shape index (κ1) is 24.8. The van der Waals surface area contributed by atoms with Crippen LogP contribution in [0, 0.1) is 0 Å². The third kappa shape index (κ3) is 5.50. The molecule has 11 heteroatoms. The van der Waals surface area contributed by atoms with E-state index in [0.717, 1.165) is 31.4 Å². The molecule has 1 saturated heterocycles. The first-order chi connectivity index (χ1) is 16.6. The van der Waals surface area contributed by atoms with Crippen molar-refractivity contribution >= 4 is 38.2 Å². The van der Waals surface area contributed by atoms with Gasteiger partial charge in [0.25, 0.3) is 0 Å². The molecule has 0 radical (unpaired) electrons. The summed E-state index contributed by atoms with van der Waals surface area (Å²) in [6.45, 7) is 1.26. The fourth-order valence-electron chi connectivity index (χ4n) is 4.26. The summed E-state index contributed by atoms with van der Waals surface area (Å²) < 4.78 is 67.5. The van der Waals surface area contributed by atoms with Gasteiger partial charge < -0.3 is 14.8 Å². The molecular weight excluding hydrogens is 483 g/mol. The molecule has 0 saturated carbocycles. The first-order valence-corrected chi connectivity index (χ1v) is 12.8. The van der Waals surface area contributed by atoms with E-state index in [4.69, 9.17) is 0 Å². The first-order valence-electron chi connectivity index (χ1n) is 11.1. The van der Waals surface area contributed by atoms with Gasteiger partial charge in [0.1, 0.15) is 12.3 Å². The lowest BCUT2D eigenvalue weighted by atomic mass is 10.1. The number of carbonyl (C=O) groups excluding carboxylic acids is 2. The Kier molecular flexibility index (Phi) is 6.88. The fraction of sp³-hybridized carbons (Fsp3) is 0.333. The minimum absolute atomic E-state index is 0.0544. The number of hydrogen-bond donors (Lipinski definition) is 1. The third-order valence-electron chi connectivity index (χ3n) is 5.93. The highest BCUT2D eigenvalue weighted by Crippen LogP contribution is 2.34. The van der Waals surface area contributed by atoms with Gasteiger partial charge in [0.2, 0.25) is 11.8 Å². The van der Waals surface area contributed by atoms with Gasteiger partial charge in [-0.05, 0) is 37.5 Å². The van der Waals surface area contributed by atoms with Gasteiger partial charge in [-0.1, -0.05) is 30.3 Å². The molecule has 4 rings (SSSR count). The molecule has 186 valence electrons. The summed E-state index contributed by atoms with van der Waals surface area (Å²) in [6.07, 6.45) is -0.487. The highest BCUT2D eigenvalue weighted by atomic mass is 32.2. The largest absolute Gasteiger partial charge is 0.418 e. The lowest BCUT2D eigenvalue weighted by Gasteiger charge is -2.27.